The molecule has 0 saturated carbocycles. The maximum absolute atomic E-state index is 12.8. The summed E-state index contributed by atoms with van der Waals surface area (Å²) in [4.78, 5) is 23.4. The van der Waals surface area contributed by atoms with E-state index in [1.165, 1.54) is 29.6 Å². The quantitative estimate of drug-likeness (QED) is 0.654. The molecule has 8 nitrogen and oxygen atoms in total. The summed E-state index contributed by atoms with van der Waals surface area (Å²) in [6.07, 6.45) is 1.40. The Kier molecular flexibility index (Phi) is 6.02. The molecular formula is C16H22N2O6S. The van der Waals surface area contributed by atoms with E-state index < -0.39 is 21.7 Å². The Morgan fingerprint density at radius 1 is 1.24 bits per heavy atom. The first-order chi connectivity index (χ1) is 11.8. The maximum Gasteiger partial charge on any atom is 0.420 e. The molecule has 2 aromatic rings. The number of carbonyl (C=O) groups excluding carboxylic acids is 1. The van der Waals surface area contributed by atoms with E-state index in [-0.39, 0.29) is 17.0 Å². The average Bonchev–Trinajstić information content (AvgIpc) is 2.89. The molecule has 0 atom stereocenters. The number of methoxy groups -OCH3 is 1. The van der Waals surface area contributed by atoms with Gasteiger partial charge in [-0.25, -0.2) is 13.2 Å². The van der Waals surface area contributed by atoms with E-state index in [9.17, 15) is 18.0 Å². The lowest BCUT2D eigenvalue weighted by atomic mass is 10.3. The Morgan fingerprint density at radius 3 is 2.44 bits per heavy atom. The minimum Gasteiger partial charge on any atom is -0.468 e. The predicted octanol–water partition coefficient (Wildman–Crippen LogP) is 1.58. The summed E-state index contributed by atoms with van der Waals surface area (Å²) >= 11 is 0. The molecule has 0 amide bonds. The van der Waals surface area contributed by atoms with E-state index in [1.54, 1.807) is 0 Å². The van der Waals surface area contributed by atoms with Gasteiger partial charge in [0.2, 0.25) is 10.0 Å². The number of carbonyl (C=O) groups is 1. The molecule has 1 aromatic heterocycles. The predicted molar refractivity (Wildman–Crippen MR) is 91.8 cm³/mol. The van der Waals surface area contributed by atoms with Gasteiger partial charge in [-0.1, -0.05) is 13.8 Å². The lowest BCUT2D eigenvalue weighted by Crippen LogP contribution is -2.32. The summed E-state index contributed by atoms with van der Waals surface area (Å²) in [5, 5.41) is 0. The SMILES string of the molecule is CCCN(CCC)S(=O)(=O)c1ccc2c(c1)oc(=O)n2CC(=O)OC. The van der Waals surface area contributed by atoms with Gasteiger partial charge in [-0.3, -0.25) is 9.36 Å². The van der Waals surface area contributed by atoms with Crippen LogP contribution in [0.1, 0.15) is 26.7 Å². The van der Waals surface area contributed by atoms with Crippen LogP contribution < -0.4 is 5.76 Å². The molecule has 0 saturated heterocycles. The van der Waals surface area contributed by atoms with E-state index in [0.29, 0.717) is 31.4 Å². The zero-order chi connectivity index (χ0) is 18.6. The van der Waals surface area contributed by atoms with Crippen molar-refractivity contribution in [3.05, 3.63) is 28.7 Å². The van der Waals surface area contributed by atoms with Crippen LogP contribution in [0.2, 0.25) is 0 Å². The van der Waals surface area contributed by atoms with Gasteiger partial charge in [0.05, 0.1) is 17.5 Å². The number of esters is 1. The average molecular weight is 370 g/mol. The van der Waals surface area contributed by atoms with Crippen molar-refractivity contribution in [3.63, 3.8) is 0 Å². The van der Waals surface area contributed by atoms with Crippen molar-refractivity contribution in [2.24, 2.45) is 0 Å². The van der Waals surface area contributed by atoms with Crippen LogP contribution in [0.25, 0.3) is 11.1 Å². The van der Waals surface area contributed by atoms with Crippen LogP contribution in [0.3, 0.4) is 0 Å². The number of hydrogen-bond acceptors (Lipinski definition) is 6. The number of ether oxygens (including phenoxy) is 1. The number of fused-ring (bicyclic) bond motifs is 1. The third-order valence-corrected chi connectivity index (χ3v) is 5.63. The number of aromatic nitrogens is 1. The lowest BCUT2D eigenvalue weighted by Gasteiger charge is -2.20. The fraction of sp³-hybridized carbons (Fsp3) is 0.500. The van der Waals surface area contributed by atoms with Gasteiger partial charge in [-0.2, -0.15) is 4.31 Å². The molecular weight excluding hydrogens is 348 g/mol. The first-order valence-electron chi connectivity index (χ1n) is 8.05. The number of nitrogens with zero attached hydrogens (tertiary/aromatic N) is 2. The first kappa shape index (κ1) is 19.2. The normalized spacial score (nSPS) is 12.0. The summed E-state index contributed by atoms with van der Waals surface area (Å²) in [6, 6.07) is 4.20. The maximum atomic E-state index is 12.8. The molecule has 0 radical (unpaired) electrons. The van der Waals surface area contributed by atoms with E-state index in [1.807, 2.05) is 13.8 Å². The van der Waals surface area contributed by atoms with Crippen LogP contribution in [0, 0.1) is 0 Å². The number of hydrogen-bond donors (Lipinski definition) is 0. The second kappa shape index (κ2) is 7.83. The van der Waals surface area contributed by atoms with Crippen molar-refractivity contribution in [2.45, 2.75) is 38.1 Å². The van der Waals surface area contributed by atoms with Crippen molar-refractivity contribution in [3.8, 4) is 0 Å². The molecule has 1 heterocycles. The molecule has 0 aliphatic carbocycles. The van der Waals surface area contributed by atoms with Crippen LogP contribution in [-0.2, 0) is 26.1 Å². The number of benzene rings is 1. The van der Waals surface area contributed by atoms with Gasteiger partial charge in [-0.05, 0) is 25.0 Å². The van der Waals surface area contributed by atoms with Crippen LogP contribution in [0.4, 0.5) is 0 Å². The standard InChI is InChI=1S/C16H22N2O6S/c1-4-8-17(9-5-2)25(21,22)12-6-7-13-14(10-12)24-16(20)18(13)11-15(19)23-3/h6-7,10H,4-5,8-9,11H2,1-3H3. The summed E-state index contributed by atoms with van der Waals surface area (Å²) in [7, 11) is -2.46. The minimum atomic E-state index is -3.68. The highest BCUT2D eigenvalue weighted by Crippen LogP contribution is 2.22. The molecule has 2 rings (SSSR count). The summed E-state index contributed by atoms with van der Waals surface area (Å²) in [5.74, 6) is -1.34. The van der Waals surface area contributed by atoms with Gasteiger partial charge in [0.1, 0.15) is 6.54 Å². The Balaban J connectivity index is 2.48. The molecule has 0 bridgehead atoms. The molecule has 0 N–H and O–H groups in total. The van der Waals surface area contributed by atoms with Crippen LogP contribution in [0.5, 0.6) is 0 Å². The Morgan fingerprint density at radius 2 is 1.88 bits per heavy atom. The number of rotatable bonds is 8. The second-order valence-corrected chi connectivity index (χ2v) is 7.50. The Hall–Kier alpha value is -2.13. The van der Waals surface area contributed by atoms with Gasteiger partial charge in [0.25, 0.3) is 0 Å². The highest BCUT2D eigenvalue weighted by molar-refractivity contribution is 7.89. The number of oxazole rings is 1. The van der Waals surface area contributed by atoms with Crippen molar-refractivity contribution in [1.82, 2.24) is 8.87 Å². The van der Waals surface area contributed by atoms with E-state index in [2.05, 4.69) is 4.74 Å². The summed E-state index contributed by atoms with van der Waals surface area (Å²) < 4.78 is 37.8. The van der Waals surface area contributed by atoms with Crippen molar-refractivity contribution in [2.75, 3.05) is 20.2 Å². The third-order valence-electron chi connectivity index (χ3n) is 3.74. The van der Waals surface area contributed by atoms with E-state index in [4.69, 9.17) is 4.42 Å². The van der Waals surface area contributed by atoms with Crippen molar-refractivity contribution in [1.29, 1.82) is 0 Å². The third kappa shape index (κ3) is 3.93. The van der Waals surface area contributed by atoms with Crippen LogP contribution in [0.15, 0.2) is 32.3 Å². The molecule has 138 valence electrons. The first-order valence-corrected chi connectivity index (χ1v) is 9.49. The minimum absolute atomic E-state index is 0.0564. The van der Waals surface area contributed by atoms with Gasteiger partial charge in [0.15, 0.2) is 5.58 Å². The molecule has 0 aliphatic heterocycles. The number of sulfonamides is 1. The van der Waals surface area contributed by atoms with Gasteiger partial charge in [0, 0.05) is 19.2 Å². The zero-order valence-corrected chi connectivity index (χ0v) is 15.3. The van der Waals surface area contributed by atoms with Gasteiger partial charge < -0.3 is 9.15 Å². The van der Waals surface area contributed by atoms with E-state index in [0.717, 1.165) is 4.57 Å². The topological polar surface area (TPSA) is 98.8 Å². The van der Waals surface area contributed by atoms with Crippen LogP contribution >= 0.6 is 0 Å². The highest BCUT2D eigenvalue weighted by Gasteiger charge is 2.24. The molecule has 0 spiro atoms. The lowest BCUT2D eigenvalue weighted by molar-refractivity contribution is -0.141. The highest BCUT2D eigenvalue weighted by atomic mass is 32.2. The summed E-state index contributed by atoms with van der Waals surface area (Å²) in [5.41, 5.74) is 0.454. The van der Waals surface area contributed by atoms with Gasteiger partial charge >= 0.3 is 11.7 Å². The second-order valence-electron chi connectivity index (χ2n) is 5.56. The molecule has 1 aromatic carbocycles. The Bertz CT molecular complexity index is 906. The van der Waals surface area contributed by atoms with Crippen molar-refractivity contribution >= 4 is 27.1 Å². The summed E-state index contributed by atoms with van der Waals surface area (Å²) in [6.45, 7) is 4.36. The molecule has 9 heteroatoms. The van der Waals surface area contributed by atoms with Crippen molar-refractivity contribution < 1.29 is 22.4 Å². The molecule has 0 aliphatic rings. The zero-order valence-electron chi connectivity index (χ0n) is 14.5. The fourth-order valence-electron chi connectivity index (χ4n) is 2.55. The molecule has 0 fully saturated rings. The molecule has 0 unspecified atom stereocenters. The molecule has 25 heavy (non-hydrogen) atoms. The fourth-order valence-corrected chi connectivity index (χ4v) is 4.19. The van der Waals surface area contributed by atoms with Gasteiger partial charge in [-0.15, -0.1) is 0 Å². The van der Waals surface area contributed by atoms with Crippen LogP contribution in [-0.4, -0.2) is 43.5 Å². The largest absolute Gasteiger partial charge is 0.468 e. The van der Waals surface area contributed by atoms with E-state index >= 15 is 0 Å². The Labute approximate surface area is 146 Å². The monoisotopic (exact) mass is 370 g/mol. The smallest absolute Gasteiger partial charge is 0.420 e.